The Morgan fingerprint density at radius 2 is 2.00 bits per heavy atom. The van der Waals surface area contributed by atoms with Gasteiger partial charge in [0.05, 0.1) is 22.7 Å². The standard InChI is InChI=1S/C23H24ClF3N4O2/c1-3-28-20(32)12-15-11-19(24)21(29-13-15)16-6-8-31(9-7-16)22(33)30-17-4-5-18(14(2)10-17)23(25,26)27/h4-6,10-11,13H,3,7-9,12H2,1-2H3,(H,28,32)(H,30,33). The number of rotatable bonds is 5. The molecule has 2 heterocycles. The Balaban J connectivity index is 1.63. The first-order valence-corrected chi connectivity index (χ1v) is 10.8. The molecule has 1 aromatic carbocycles. The van der Waals surface area contributed by atoms with Crippen LogP contribution in [0.5, 0.6) is 0 Å². The largest absolute Gasteiger partial charge is 0.416 e. The van der Waals surface area contributed by atoms with Gasteiger partial charge in [-0.15, -0.1) is 0 Å². The molecule has 0 saturated carbocycles. The molecule has 0 saturated heterocycles. The molecule has 6 nitrogen and oxygen atoms in total. The summed E-state index contributed by atoms with van der Waals surface area (Å²) in [5, 5.41) is 5.80. The number of halogens is 4. The Morgan fingerprint density at radius 1 is 1.24 bits per heavy atom. The van der Waals surface area contributed by atoms with E-state index in [4.69, 9.17) is 11.6 Å². The molecule has 33 heavy (non-hydrogen) atoms. The minimum Gasteiger partial charge on any atom is -0.356 e. The van der Waals surface area contributed by atoms with E-state index in [1.165, 1.54) is 19.1 Å². The van der Waals surface area contributed by atoms with Crippen LogP contribution in [-0.4, -0.2) is 41.5 Å². The van der Waals surface area contributed by atoms with E-state index < -0.39 is 17.8 Å². The van der Waals surface area contributed by atoms with Gasteiger partial charge in [0, 0.05) is 31.5 Å². The van der Waals surface area contributed by atoms with Crippen molar-refractivity contribution in [2.45, 2.75) is 32.9 Å². The molecule has 0 unspecified atom stereocenters. The summed E-state index contributed by atoms with van der Waals surface area (Å²) in [6, 6.07) is 4.82. The van der Waals surface area contributed by atoms with E-state index in [9.17, 15) is 22.8 Å². The van der Waals surface area contributed by atoms with Gasteiger partial charge in [0.1, 0.15) is 0 Å². The number of benzene rings is 1. The molecule has 0 aliphatic carbocycles. The lowest BCUT2D eigenvalue weighted by Gasteiger charge is -2.27. The van der Waals surface area contributed by atoms with Gasteiger partial charge in [0.25, 0.3) is 0 Å². The third-order valence-electron chi connectivity index (χ3n) is 5.22. The second-order valence-electron chi connectivity index (χ2n) is 7.69. The Labute approximate surface area is 194 Å². The summed E-state index contributed by atoms with van der Waals surface area (Å²) in [4.78, 5) is 30.2. The number of nitrogens with one attached hydrogen (secondary N) is 2. The van der Waals surface area contributed by atoms with Crippen molar-refractivity contribution in [2.75, 3.05) is 25.0 Å². The van der Waals surface area contributed by atoms with Gasteiger partial charge in [0.15, 0.2) is 0 Å². The highest BCUT2D eigenvalue weighted by Gasteiger charge is 2.32. The zero-order valence-corrected chi connectivity index (χ0v) is 19.0. The summed E-state index contributed by atoms with van der Waals surface area (Å²) in [7, 11) is 0. The molecule has 2 aromatic rings. The van der Waals surface area contributed by atoms with Gasteiger partial charge in [-0.25, -0.2) is 4.79 Å². The van der Waals surface area contributed by atoms with Gasteiger partial charge < -0.3 is 15.5 Å². The highest BCUT2D eigenvalue weighted by Crippen LogP contribution is 2.33. The van der Waals surface area contributed by atoms with Crippen molar-refractivity contribution in [3.8, 4) is 0 Å². The molecule has 3 amide bonds. The number of amides is 3. The number of nitrogens with zero attached hydrogens (tertiary/aromatic N) is 2. The van der Waals surface area contributed by atoms with Crippen LogP contribution in [0.15, 0.2) is 36.5 Å². The number of hydrogen-bond donors (Lipinski definition) is 2. The van der Waals surface area contributed by atoms with Crippen molar-refractivity contribution in [1.82, 2.24) is 15.2 Å². The topological polar surface area (TPSA) is 74.3 Å². The molecule has 176 valence electrons. The first kappa shape index (κ1) is 24.6. The second-order valence-corrected chi connectivity index (χ2v) is 8.09. The first-order valence-electron chi connectivity index (χ1n) is 10.4. The highest BCUT2D eigenvalue weighted by molar-refractivity contribution is 6.32. The molecular weight excluding hydrogens is 457 g/mol. The zero-order chi connectivity index (χ0) is 24.2. The van der Waals surface area contributed by atoms with Crippen LogP contribution < -0.4 is 10.6 Å². The smallest absolute Gasteiger partial charge is 0.356 e. The Morgan fingerprint density at radius 3 is 2.58 bits per heavy atom. The summed E-state index contributed by atoms with van der Waals surface area (Å²) in [6.45, 7) is 4.45. The van der Waals surface area contributed by atoms with Crippen LogP contribution in [0, 0.1) is 6.92 Å². The molecule has 10 heteroatoms. The number of likely N-dealkylation sites (N-methyl/N-ethyl adjacent to an activating group) is 1. The number of aromatic nitrogens is 1. The van der Waals surface area contributed by atoms with Crippen LogP contribution in [0.3, 0.4) is 0 Å². The van der Waals surface area contributed by atoms with Gasteiger partial charge in [-0.2, -0.15) is 13.2 Å². The highest BCUT2D eigenvalue weighted by atomic mass is 35.5. The number of carbonyl (C=O) groups is 2. The van der Waals surface area contributed by atoms with Gasteiger partial charge in [0.2, 0.25) is 5.91 Å². The monoisotopic (exact) mass is 480 g/mol. The maximum Gasteiger partial charge on any atom is 0.416 e. The van der Waals surface area contributed by atoms with Crippen molar-refractivity contribution in [3.63, 3.8) is 0 Å². The average Bonchev–Trinajstić information content (AvgIpc) is 2.73. The normalized spacial score (nSPS) is 14.0. The number of pyridine rings is 1. The number of hydrogen-bond acceptors (Lipinski definition) is 3. The van der Waals surface area contributed by atoms with Crippen molar-refractivity contribution in [3.05, 3.63) is 63.9 Å². The Bertz CT molecular complexity index is 1090. The summed E-state index contributed by atoms with van der Waals surface area (Å²) in [6.07, 6.45) is -0.267. The molecule has 0 radical (unpaired) electrons. The fraction of sp³-hybridized carbons (Fsp3) is 0.348. The average molecular weight is 481 g/mol. The summed E-state index contributed by atoms with van der Waals surface area (Å²) >= 11 is 6.38. The van der Waals surface area contributed by atoms with E-state index in [0.717, 1.165) is 11.6 Å². The number of carbonyl (C=O) groups excluding carboxylic acids is 2. The Hall–Kier alpha value is -3.07. The van der Waals surface area contributed by atoms with Crippen molar-refractivity contribution >= 4 is 34.8 Å². The third kappa shape index (κ3) is 6.25. The van der Waals surface area contributed by atoms with Gasteiger partial charge >= 0.3 is 12.2 Å². The lowest BCUT2D eigenvalue weighted by molar-refractivity contribution is -0.138. The van der Waals surface area contributed by atoms with E-state index >= 15 is 0 Å². The van der Waals surface area contributed by atoms with Crippen LogP contribution in [0.4, 0.5) is 23.7 Å². The van der Waals surface area contributed by atoms with E-state index in [-0.39, 0.29) is 17.9 Å². The number of alkyl halides is 3. The quantitative estimate of drug-likeness (QED) is 0.628. The van der Waals surface area contributed by atoms with Crippen LogP contribution in [-0.2, 0) is 17.4 Å². The van der Waals surface area contributed by atoms with E-state index in [1.807, 2.05) is 13.0 Å². The number of anilines is 1. The van der Waals surface area contributed by atoms with Gasteiger partial charge in [-0.05, 0) is 61.2 Å². The summed E-state index contributed by atoms with van der Waals surface area (Å²) in [5.41, 5.74) is 1.81. The predicted molar refractivity (Wildman–Crippen MR) is 121 cm³/mol. The Kier molecular flexibility index (Phi) is 7.63. The minimum absolute atomic E-state index is 0.0393. The summed E-state index contributed by atoms with van der Waals surface area (Å²) < 4.78 is 38.7. The minimum atomic E-state index is -4.43. The first-order chi connectivity index (χ1) is 15.6. The lowest BCUT2D eigenvalue weighted by Crippen LogP contribution is -2.38. The van der Waals surface area contributed by atoms with E-state index in [1.54, 1.807) is 17.2 Å². The number of aryl methyl sites for hydroxylation is 1. The van der Waals surface area contributed by atoms with Gasteiger partial charge in [-0.3, -0.25) is 9.78 Å². The molecular formula is C23H24ClF3N4O2. The van der Waals surface area contributed by atoms with E-state index in [0.29, 0.717) is 48.0 Å². The molecule has 0 atom stereocenters. The van der Waals surface area contributed by atoms with Crippen LogP contribution in [0.25, 0.3) is 5.57 Å². The molecule has 1 aromatic heterocycles. The second kappa shape index (κ2) is 10.2. The number of urea groups is 1. The molecule has 0 fully saturated rings. The van der Waals surface area contributed by atoms with E-state index in [2.05, 4.69) is 15.6 Å². The van der Waals surface area contributed by atoms with Crippen LogP contribution >= 0.6 is 11.6 Å². The molecule has 2 N–H and O–H groups in total. The summed E-state index contributed by atoms with van der Waals surface area (Å²) in [5.74, 6) is -0.107. The maximum atomic E-state index is 12.9. The van der Waals surface area contributed by atoms with Crippen molar-refractivity contribution < 1.29 is 22.8 Å². The predicted octanol–water partition coefficient (Wildman–Crippen LogP) is 5.06. The third-order valence-corrected chi connectivity index (χ3v) is 5.51. The van der Waals surface area contributed by atoms with Crippen LogP contribution in [0.2, 0.25) is 5.02 Å². The SMILES string of the molecule is CCNC(=O)Cc1cnc(C2=CCN(C(=O)Nc3ccc(C(F)(F)F)c(C)c3)CC2)c(Cl)c1. The molecule has 0 bridgehead atoms. The fourth-order valence-electron chi connectivity index (χ4n) is 3.59. The molecule has 0 spiro atoms. The van der Waals surface area contributed by atoms with Crippen molar-refractivity contribution in [2.24, 2.45) is 0 Å². The molecule has 3 rings (SSSR count). The van der Waals surface area contributed by atoms with Crippen molar-refractivity contribution in [1.29, 1.82) is 0 Å². The molecule has 1 aliphatic rings. The molecule has 1 aliphatic heterocycles. The zero-order valence-electron chi connectivity index (χ0n) is 18.2. The maximum absolute atomic E-state index is 12.9. The fourth-order valence-corrected chi connectivity index (χ4v) is 3.90. The van der Waals surface area contributed by atoms with Crippen LogP contribution in [0.1, 0.15) is 35.7 Å². The lowest BCUT2D eigenvalue weighted by atomic mass is 10.0. The van der Waals surface area contributed by atoms with Gasteiger partial charge in [-0.1, -0.05) is 17.7 Å².